The lowest BCUT2D eigenvalue weighted by Gasteiger charge is -2.30. The lowest BCUT2D eigenvalue weighted by molar-refractivity contribution is -0.920. The number of rotatable bonds is 6. The number of benzene rings is 1. The molecule has 2 saturated heterocycles. The topological polar surface area (TPSA) is 94.1 Å². The van der Waals surface area contributed by atoms with Gasteiger partial charge in [-0.25, -0.2) is 4.90 Å². The van der Waals surface area contributed by atoms with E-state index < -0.39 is 0 Å². The van der Waals surface area contributed by atoms with Gasteiger partial charge in [0.05, 0.1) is 31.8 Å². The number of carbonyl (C=O) groups excluding carboxylic acids is 3. The van der Waals surface area contributed by atoms with Gasteiger partial charge in [0.25, 0.3) is 5.91 Å². The molecule has 2 aliphatic heterocycles. The van der Waals surface area contributed by atoms with Gasteiger partial charge in [-0.2, -0.15) is 0 Å². The Hall–Kier alpha value is -2.41. The van der Waals surface area contributed by atoms with Crippen LogP contribution in [0.1, 0.15) is 32.6 Å². The van der Waals surface area contributed by atoms with Crippen LogP contribution in [0.2, 0.25) is 0 Å². The van der Waals surface area contributed by atoms with Crippen molar-refractivity contribution in [1.29, 1.82) is 0 Å². The standard InChI is InChI=1S/C19H25N3O4/c1-2-11-26-15-5-3-14(4-6-15)22-17(23)12-16(19(22)25)21-9-7-13(8-10-21)18(20)24/h3-6,13,16H,2,7-12H2,1H3,(H2,20,24)/p+1/t16-/m1/s1. The molecule has 7 nitrogen and oxygen atoms in total. The third-order valence-corrected chi connectivity index (χ3v) is 5.24. The minimum Gasteiger partial charge on any atom is -0.494 e. The molecule has 0 bridgehead atoms. The number of hydrogen-bond donors (Lipinski definition) is 2. The molecule has 1 aromatic carbocycles. The van der Waals surface area contributed by atoms with Crippen molar-refractivity contribution in [2.24, 2.45) is 11.7 Å². The van der Waals surface area contributed by atoms with Crippen LogP contribution in [0.5, 0.6) is 5.75 Å². The SMILES string of the molecule is CCCOc1ccc(N2C(=O)C[C@@H]([NH+]3CCC(C(N)=O)CC3)C2=O)cc1. The second kappa shape index (κ2) is 7.86. The number of anilines is 1. The van der Waals surface area contributed by atoms with Crippen LogP contribution < -0.4 is 20.3 Å². The number of carbonyl (C=O) groups is 3. The summed E-state index contributed by atoms with van der Waals surface area (Å²) in [7, 11) is 0. The first kappa shape index (κ1) is 18.4. The zero-order chi connectivity index (χ0) is 18.7. The largest absolute Gasteiger partial charge is 0.494 e. The van der Waals surface area contributed by atoms with E-state index in [9.17, 15) is 14.4 Å². The number of piperidine rings is 1. The van der Waals surface area contributed by atoms with Crippen molar-refractivity contribution in [3.8, 4) is 5.75 Å². The van der Waals surface area contributed by atoms with Gasteiger partial charge >= 0.3 is 0 Å². The number of amides is 3. The minimum atomic E-state index is -0.368. The Morgan fingerprint density at radius 2 is 1.88 bits per heavy atom. The Balaban J connectivity index is 1.66. The highest BCUT2D eigenvalue weighted by Gasteiger charge is 2.46. The quantitative estimate of drug-likeness (QED) is 0.692. The van der Waals surface area contributed by atoms with E-state index in [2.05, 4.69) is 0 Å². The number of imide groups is 1. The third-order valence-electron chi connectivity index (χ3n) is 5.24. The molecule has 0 aromatic heterocycles. The van der Waals surface area contributed by atoms with Crippen LogP contribution in [-0.2, 0) is 14.4 Å². The highest BCUT2D eigenvalue weighted by Crippen LogP contribution is 2.25. The molecule has 3 amide bonds. The first-order valence-electron chi connectivity index (χ1n) is 9.24. The predicted molar refractivity (Wildman–Crippen MR) is 95.7 cm³/mol. The van der Waals surface area contributed by atoms with E-state index in [1.165, 1.54) is 4.90 Å². The van der Waals surface area contributed by atoms with E-state index in [0.717, 1.165) is 17.1 Å². The Morgan fingerprint density at radius 3 is 2.46 bits per heavy atom. The number of nitrogens with two attached hydrogens (primary N) is 1. The molecule has 3 N–H and O–H groups in total. The molecule has 2 aliphatic rings. The van der Waals surface area contributed by atoms with Crippen molar-refractivity contribution >= 4 is 23.4 Å². The molecule has 1 aromatic rings. The molecule has 0 saturated carbocycles. The fraction of sp³-hybridized carbons (Fsp3) is 0.526. The van der Waals surface area contributed by atoms with E-state index in [0.29, 0.717) is 38.2 Å². The highest BCUT2D eigenvalue weighted by molar-refractivity contribution is 6.21. The Morgan fingerprint density at radius 1 is 1.23 bits per heavy atom. The summed E-state index contributed by atoms with van der Waals surface area (Å²) in [5.41, 5.74) is 5.95. The summed E-state index contributed by atoms with van der Waals surface area (Å²) in [6.45, 7) is 4.04. The lowest BCUT2D eigenvalue weighted by Crippen LogP contribution is -3.17. The maximum Gasteiger partial charge on any atom is 0.292 e. The number of ether oxygens (including phenoxy) is 1. The zero-order valence-corrected chi connectivity index (χ0v) is 15.1. The van der Waals surface area contributed by atoms with Crippen LogP contribution in [0.25, 0.3) is 0 Å². The van der Waals surface area contributed by atoms with Crippen LogP contribution >= 0.6 is 0 Å². The van der Waals surface area contributed by atoms with Gasteiger partial charge in [0.15, 0.2) is 6.04 Å². The van der Waals surface area contributed by atoms with Crippen LogP contribution in [0.3, 0.4) is 0 Å². The van der Waals surface area contributed by atoms with Crippen LogP contribution in [0, 0.1) is 5.92 Å². The summed E-state index contributed by atoms with van der Waals surface area (Å²) in [4.78, 5) is 39.0. The zero-order valence-electron chi connectivity index (χ0n) is 15.1. The molecule has 7 heteroatoms. The van der Waals surface area contributed by atoms with Crippen LogP contribution in [-0.4, -0.2) is 43.5 Å². The summed E-state index contributed by atoms with van der Waals surface area (Å²) in [5.74, 6) is 0.00417. The molecule has 26 heavy (non-hydrogen) atoms. The number of quaternary nitrogens is 1. The van der Waals surface area contributed by atoms with E-state index >= 15 is 0 Å². The van der Waals surface area contributed by atoms with Gasteiger partial charge < -0.3 is 15.4 Å². The summed E-state index contributed by atoms with van der Waals surface area (Å²) in [6, 6.07) is 6.69. The molecule has 0 spiro atoms. The Bertz CT molecular complexity index is 681. The molecular formula is C19H26N3O4+. The average molecular weight is 360 g/mol. The molecular weight excluding hydrogens is 334 g/mol. The maximum absolute atomic E-state index is 12.8. The van der Waals surface area contributed by atoms with Crippen molar-refractivity contribution in [1.82, 2.24) is 0 Å². The highest BCUT2D eigenvalue weighted by atomic mass is 16.5. The number of nitrogens with one attached hydrogen (secondary N) is 1. The fourth-order valence-electron chi connectivity index (χ4n) is 3.76. The third kappa shape index (κ3) is 3.72. The van der Waals surface area contributed by atoms with Crippen molar-refractivity contribution in [3.05, 3.63) is 24.3 Å². The summed E-state index contributed by atoms with van der Waals surface area (Å²) >= 11 is 0. The van der Waals surface area contributed by atoms with Crippen molar-refractivity contribution in [2.75, 3.05) is 24.6 Å². The lowest BCUT2D eigenvalue weighted by atomic mass is 9.95. The number of likely N-dealkylation sites (tertiary alicyclic amines) is 1. The first-order chi connectivity index (χ1) is 12.5. The fourth-order valence-corrected chi connectivity index (χ4v) is 3.76. The minimum absolute atomic E-state index is 0.113. The molecule has 140 valence electrons. The molecule has 2 heterocycles. The first-order valence-corrected chi connectivity index (χ1v) is 9.24. The summed E-state index contributed by atoms with van der Waals surface area (Å²) < 4.78 is 5.54. The maximum atomic E-state index is 12.8. The van der Waals surface area contributed by atoms with Gasteiger partial charge in [-0.3, -0.25) is 14.4 Å². The van der Waals surface area contributed by atoms with E-state index in [1.807, 2.05) is 6.92 Å². The van der Waals surface area contributed by atoms with Crippen molar-refractivity contribution in [2.45, 2.75) is 38.6 Å². The molecule has 1 atom stereocenters. The molecule has 0 unspecified atom stereocenters. The number of primary amides is 1. The average Bonchev–Trinajstić information content (AvgIpc) is 2.95. The van der Waals surface area contributed by atoms with Crippen LogP contribution in [0.4, 0.5) is 5.69 Å². The van der Waals surface area contributed by atoms with Gasteiger partial charge in [0.1, 0.15) is 5.75 Å². The second-order valence-electron chi connectivity index (χ2n) is 7.00. The molecule has 0 aliphatic carbocycles. The smallest absolute Gasteiger partial charge is 0.292 e. The number of nitrogens with zero attached hydrogens (tertiary/aromatic N) is 1. The Labute approximate surface area is 153 Å². The molecule has 2 fully saturated rings. The summed E-state index contributed by atoms with van der Waals surface area (Å²) in [6.07, 6.45) is 2.48. The monoisotopic (exact) mass is 360 g/mol. The van der Waals surface area contributed by atoms with E-state index in [4.69, 9.17) is 10.5 Å². The van der Waals surface area contributed by atoms with Crippen molar-refractivity contribution in [3.63, 3.8) is 0 Å². The number of hydrogen-bond acceptors (Lipinski definition) is 4. The molecule has 3 rings (SSSR count). The van der Waals surface area contributed by atoms with E-state index in [1.54, 1.807) is 24.3 Å². The molecule has 0 radical (unpaired) electrons. The summed E-state index contributed by atoms with van der Waals surface area (Å²) in [5, 5.41) is 0. The Kier molecular flexibility index (Phi) is 5.56. The predicted octanol–water partition coefficient (Wildman–Crippen LogP) is -0.112. The van der Waals surface area contributed by atoms with Crippen molar-refractivity contribution < 1.29 is 24.0 Å². The normalized spacial score (nSPS) is 26.2. The van der Waals surface area contributed by atoms with Gasteiger partial charge in [-0.15, -0.1) is 0 Å². The van der Waals surface area contributed by atoms with Gasteiger partial charge in [-0.05, 0) is 30.7 Å². The second-order valence-corrected chi connectivity index (χ2v) is 7.00. The van der Waals surface area contributed by atoms with Crippen LogP contribution in [0.15, 0.2) is 24.3 Å². The van der Waals surface area contributed by atoms with Gasteiger partial charge in [-0.1, -0.05) is 6.92 Å². The van der Waals surface area contributed by atoms with Gasteiger partial charge in [0, 0.05) is 18.8 Å². The van der Waals surface area contributed by atoms with Gasteiger partial charge in [0.2, 0.25) is 11.8 Å². The van der Waals surface area contributed by atoms with E-state index in [-0.39, 0.29) is 36.1 Å².